The molecule has 2 saturated carbocycles. The first-order valence-corrected chi connectivity index (χ1v) is 12.7. The highest BCUT2D eigenvalue weighted by Gasteiger charge is 2.52. The molecule has 2 aromatic rings. The van der Waals surface area contributed by atoms with Crippen LogP contribution in [0.1, 0.15) is 43.1 Å². The molecule has 1 saturated heterocycles. The zero-order valence-corrected chi connectivity index (χ0v) is 18.6. The molecule has 4 heterocycles. The summed E-state index contributed by atoms with van der Waals surface area (Å²) in [6.07, 6.45) is 9.19. The number of aliphatic hydroxyl groups excluding tert-OH is 1. The maximum absolute atomic E-state index is 12.3. The highest BCUT2D eigenvalue weighted by molar-refractivity contribution is 7.91. The Labute approximate surface area is 189 Å². The van der Waals surface area contributed by atoms with Gasteiger partial charge < -0.3 is 15.0 Å². The van der Waals surface area contributed by atoms with Gasteiger partial charge in [-0.05, 0) is 42.8 Å². The van der Waals surface area contributed by atoms with Gasteiger partial charge in [0, 0.05) is 49.3 Å². The third kappa shape index (κ3) is 3.41. The van der Waals surface area contributed by atoms with Gasteiger partial charge in [0.15, 0.2) is 5.82 Å². The van der Waals surface area contributed by atoms with Crippen molar-refractivity contribution in [3.8, 4) is 0 Å². The van der Waals surface area contributed by atoms with Crippen LogP contribution in [0.3, 0.4) is 0 Å². The predicted molar refractivity (Wildman–Crippen MR) is 116 cm³/mol. The Hall–Kier alpha value is -1.52. The largest absolute Gasteiger partial charge is 0.611 e. The summed E-state index contributed by atoms with van der Waals surface area (Å²) in [6, 6.07) is 0.884. The second kappa shape index (κ2) is 7.81. The highest BCUT2D eigenvalue weighted by Crippen LogP contribution is 2.50. The fraction of sp³-hybridized carbons (Fsp3) is 0.619. The smallest absolute Gasteiger partial charge is 0.216 e. The molecule has 7 atom stereocenters. The number of fused-ring (bicyclic) bond motifs is 3. The van der Waals surface area contributed by atoms with E-state index in [9.17, 15) is 9.66 Å². The van der Waals surface area contributed by atoms with E-state index in [4.69, 9.17) is 11.6 Å². The van der Waals surface area contributed by atoms with E-state index in [1.165, 1.54) is 12.7 Å². The zero-order chi connectivity index (χ0) is 21.1. The van der Waals surface area contributed by atoms with Gasteiger partial charge in [-0.3, -0.25) is 4.90 Å². The Balaban J connectivity index is 1.12. The van der Waals surface area contributed by atoms with E-state index in [1.807, 2.05) is 0 Å². The van der Waals surface area contributed by atoms with Crippen molar-refractivity contribution in [1.29, 1.82) is 0 Å². The van der Waals surface area contributed by atoms with Gasteiger partial charge in [-0.15, -0.1) is 0 Å². The average Bonchev–Trinajstić information content (AvgIpc) is 3.43. The number of aryl methyl sites for hydroxylation is 1. The van der Waals surface area contributed by atoms with E-state index in [1.54, 1.807) is 12.4 Å². The second-order valence-electron chi connectivity index (χ2n) is 9.14. The van der Waals surface area contributed by atoms with Gasteiger partial charge in [0.2, 0.25) is 4.90 Å². The molecule has 6 rings (SSSR count). The molecule has 2 N–H and O–H groups in total. The monoisotopic (exact) mass is 460 g/mol. The van der Waals surface area contributed by atoms with Crippen LogP contribution in [-0.4, -0.2) is 65.1 Å². The number of hydrogen-bond acceptors (Lipinski definition) is 8. The minimum absolute atomic E-state index is 0.144. The Morgan fingerprint density at radius 2 is 2.03 bits per heavy atom. The highest BCUT2D eigenvalue weighted by atomic mass is 35.5. The Morgan fingerprint density at radius 1 is 1.19 bits per heavy atom. The van der Waals surface area contributed by atoms with Gasteiger partial charge >= 0.3 is 0 Å². The first-order chi connectivity index (χ1) is 15.1. The molecule has 6 unspecified atom stereocenters. The van der Waals surface area contributed by atoms with Crippen LogP contribution >= 0.6 is 11.6 Å². The van der Waals surface area contributed by atoms with Gasteiger partial charge in [0.1, 0.15) is 29.8 Å². The molecule has 8 nitrogen and oxygen atoms in total. The minimum atomic E-state index is -1.09. The standard InChI is InChI=1S/C21H25ClN6O2S/c22-12-7-23-19(24-8-12)15-6-13-5-11(15)9-28(13)17-2-1-14(17)21(29)27-20-18-16(25-10-26-20)3-4-31(18)30/h7-8,10-11,13-15,17,21,29H,1-6,9H2,(H,25,26,27)/t11?,13?,14?,15?,17?,21?,31-/m1/s1. The van der Waals surface area contributed by atoms with E-state index < -0.39 is 17.4 Å². The van der Waals surface area contributed by atoms with Crippen molar-refractivity contribution < 1.29 is 9.66 Å². The molecule has 10 heteroatoms. The zero-order valence-electron chi connectivity index (χ0n) is 17.0. The summed E-state index contributed by atoms with van der Waals surface area (Å²) in [4.78, 5) is 20.7. The molecule has 0 spiro atoms. The van der Waals surface area contributed by atoms with E-state index in [-0.39, 0.29) is 5.92 Å². The van der Waals surface area contributed by atoms with Crippen LogP contribution in [0.15, 0.2) is 23.6 Å². The second-order valence-corrected chi connectivity index (χ2v) is 11.1. The summed E-state index contributed by atoms with van der Waals surface area (Å²) in [5, 5.41) is 14.7. The fourth-order valence-electron chi connectivity index (χ4n) is 5.98. The van der Waals surface area contributed by atoms with E-state index in [2.05, 4.69) is 30.2 Å². The minimum Gasteiger partial charge on any atom is -0.611 e. The number of nitrogens with one attached hydrogen (secondary N) is 1. The number of halogens is 1. The van der Waals surface area contributed by atoms with Crippen molar-refractivity contribution in [3.63, 3.8) is 0 Å². The summed E-state index contributed by atoms with van der Waals surface area (Å²) in [7, 11) is 0. The predicted octanol–water partition coefficient (Wildman–Crippen LogP) is 1.97. The molecule has 0 amide bonds. The third-order valence-corrected chi connectivity index (χ3v) is 9.25. The van der Waals surface area contributed by atoms with E-state index in [0.717, 1.165) is 37.3 Å². The van der Waals surface area contributed by atoms with Crippen LogP contribution in [0.5, 0.6) is 0 Å². The Morgan fingerprint density at radius 3 is 2.74 bits per heavy atom. The first-order valence-electron chi connectivity index (χ1n) is 11.0. The molecule has 164 valence electrons. The van der Waals surface area contributed by atoms with Gasteiger partial charge in [0.25, 0.3) is 0 Å². The molecule has 2 bridgehead atoms. The number of rotatable bonds is 5. The summed E-state index contributed by atoms with van der Waals surface area (Å²) < 4.78 is 12.3. The van der Waals surface area contributed by atoms with Crippen molar-refractivity contribution in [1.82, 2.24) is 24.8 Å². The Bertz CT molecular complexity index is 981. The van der Waals surface area contributed by atoms with Crippen LogP contribution in [0, 0.1) is 11.8 Å². The molecular formula is C21H25ClN6O2S. The van der Waals surface area contributed by atoms with E-state index >= 15 is 0 Å². The Kier molecular flexibility index (Phi) is 5.07. The van der Waals surface area contributed by atoms with Gasteiger partial charge in [-0.25, -0.2) is 19.9 Å². The molecule has 31 heavy (non-hydrogen) atoms. The molecule has 2 aliphatic heterocycles. The summed E-state index contributed by atoms with van der Waals surface area (Å²) in [5.74, 6) is 3.13. The SMILES string of the molecule is [O-][S@+]1CCc2ncnc(NC(O)C3CCC3N3CC4CC3CC4c3ncc(Cl)cn3)c21. The molecular weight excluding hydrogens is 436 g/mol. The number of aromatic nitrogens is 4. The number of anilines is 1. The number of hydrogen-bond donors (Lipinski definition) is 2. The third-order valence-electron chi connectivity index (χ3n) is 7.59. The van der Waals surface area contributed by atoms with Crippen LogP contribution in [0.4, 0.5) is 5.82 Å². The molecule has 0 aromatic carbocycles. The summed E-state index contributed by atoms with van der Waals surface area (Å²) in [5.41, 5.74) is 0.834. The lowest BCUT2D eigenvalue weighted by Crippen LogP contribution is -2.56. The van der Waals surface area contributed by atoms with Crippen molar-refractivity contribution in [3.05, 3.63) is 35.3 Å². The van der Waals surface area contributed by atoms with Crippen molar-refractivity contribution in [2.75, 3.05) is 17.6 Å². The summed E-state index contributed by atoms with van der Waals surface area (Å²) in [6.45, 7) is 1.03. The van der Waals surface area contributed by atoms with Gasteiger partial charge in [-0.2, -0.15) is 0 Å². The lowest BCUT2D eigenvalue weighted by atomic mass is 9.76. The number of piperidine rings is 1. The average molecular weight is 461 g/mol. The van der Waals surface area contributed by atoms with Crippen LogP contribution in [-0.2, 0) is 17.6 Å². The molecule has 3 fully saturated rings. The van der Waals surface area contributed by atoms with E-state index in [0.29, 0.717) is 51.8 Å². The molecule has 4 aliphatic rings. The van der Waals surface area contributed by atoms with Crippen molar-refractivity contribution in [2.45, 2.75) is 61.2 Å². The van der Waals surface area contributed by atoms with Crippen LogP contribution in [0.25, 0.3) is 0 Å². The van der Waals surface area contributed by atoms with Crippen molar-refractivity contribution >= 4 is 28.6 Å². The summed E-state index contributed by atoms with van der Waals surface area (Å²) >= 11 is 4.86. The molecule has 2 aliphatic carbocycles. The maximum atomic E-state index is 12.3. The van der Waals surface area contributed by atoms with Crippen LogP contribution in [0.2, 0.25) is 5.02 Å². The number of aliphatic hydroxyl groups is 1. The number of nitrogens with zero attached hydrogens (tertiary/aromatic N) is 5. The fourth-order valence-corrected chi connectivity index (χ4v) is 7.41. The van der Waals surface area contributed by atoms with Crippen LogP contribution < -0.4 is 5.32 Å². The normalized spacial score (nSPS) is 35.1. The van der Waals surface area contributed by atoms with Gasteiger partial charge in [0.05, 0.1) is 5.02 Å². The van der Waals surface area contributed by atoms with Gasteiger partial charge in [-0.1, -0.05) is 11.6 Å². The molecule has 0 radical (unpaired) electrons. The first kappa shape index (κ1) is 20.1. The lowest BCUT2D eigenvalue weighted by Gasteiger charge is -2.48. The molecule has 2 aromatic heterocycles. The quantitative estimate of drug-likeness (QED) is 0.514. The number of likely N-dealkylation sites (tertiary alicyclic amines) is 1. The van der Waals surface area contributed by atoms with Crippen molar-refractivity contribution in [2.24, 2.45) is 11.8 Å². The lowest BCUT2D eigenvalue weighted by molar-refractivity contribution is -0.0261. The maximum Gasteiger partial charge on any atom is 0.216 e. The topological polar surface area (TPSA) is 110 Å².